The maximum absolute atomic E-state index is 12.4. The summed E-state index contributed by atoms with van der Waals surface area (Å²) in [5.74, 6) is 0. The Balaban J connectivity index is 3.52. The number of halogens is 5. The number of hydrogen-bond acceptors (Lipinski definition) is 2. The third-order valence-corrected chi connectivity index (χ3v) is 1.89. The minimum atomic E-state index is -4.91. The summed E-state index contributed by atoms with van der Waals surface area (Å²) in [5.41, 5.74) is -3.77. The van der Waals surface area contributed by atoms with Gasteiger partial charge < -0.3 is 0 Å². The predicted octanol–water partition coefficient (Wildman–Crippen LogP) is 3.16. The summed E-state index contributed by atoms with van der Waals surface area (Å²) < 4.78 is 62.2. The van der Waals surface area contributed by atoms with E-state index in [0.29, 0.717) is 6.07 Å². The quantitative estimate of drug-likeness (QED) is 0.586. The smallest absolute Gasteiger partial charge is 0.296 e. The molecule has 0 saturated carbocycles. The third-order valence-electron chi connectivity index (χ3n) is 1.89. The third kappa shape index (κ3) is 2.34. The molecule has 0 N–H and O–H groups in total. The van der Waals surface area contributed by atoms with Crippen LogP contribution in [0.15, 0.2) is 6.07 Å². The highest BCUT2D eigenvalue weighted by atomic mass is 19.4. The van der Waals surface area contributed by atoms with Gasteiger partial charge in [-0.05, 0) is 13.0 Å². The molecule has 1 rings (SSSR count). The molecule has 2 nitrogen and oxygen atoms in total. The number of rotatable bonds is 2. The van der Waals surface area contributed by atoms with Gasteiger partial charge in [-0.3, -0.25) is 4.79 Å². The maximum atomic E-state index is 12.4. The minimum Gasteiger partial charge on any atom is -0.296 e. The molecule has 0 saturated heterocycles. The minimum absolute atomic E-state index is 0.124. The van der Waals surface area contributed by atoms with E-state index in [1.807, 2.05) is 0 Å². The van der Waals surface area contributed by atoms with Gasteiger partial charge in [0, 0.05) is 5.56 Å². The lowest BCUT2D eigenvalue weighted by Gasteiger charge is -2.14. The van der Waals surface area contributed by atoms with Crippen LogP contribution >= 0.6 is 0 Å². The Morgan fingerprint density at radius 1 is 1.38 bits per heavy atom. The lowest BCUT2D eigenvalue weighted by Crippen LogP contribution is -2.14. The Kier molecular flexibility index (Phi) is 3.25. The molecule has 16 heavy (non-hydrogen) atoms. The molecule has 0 aliphatic carbocycles. The van der Waals surface area contributed by atoms with Crippen molar-refractivity contribution in [2.75, 3.05) is 0 Å². The second-order valence-electron chi connectivity index (χ2n) is 3.01. The van der Waals surface area contributed by atoms with Crippen molar-refractivity contribution in [2.24, 2.45) is 0 Å². The number of aldehydes is 1. The van der Waals surface area contributed by atoms with Crippen LogP contribution in [0.2, 0.25) is 0 Å². The zero-order valence-electron chi connectivity index (χ0n) is 7.98. The van der Waals surface area contributed by atoms with Crippen LogP contribution in [0.25, 0.3) is 0 Å². The van der Waals surface area contributed by atoms with Crippen LogP contribution in [0, 0.1) is 6.92 Å². The second-order valence-corrected chi connectivity index (χ2v) is 3.01. The van der Waals surface area contributed by atoms with Gasteiger partial charge in [-0.2, -0.15) is 13.2 Å². The van der Waals surface area contributed by atoms with E-state index in [1.54, 1.807) is 0 Å². The molecule has 7 heteroatoms. The molecule has 1 aromatic heterocycles. The van der Waals surface area contributed by atoms with E-state index in [-0.39, 0.29) is 6.29 Å². The van der Waals surface area contributed by atoms with Crippen molar-refractivity contribution < 1.29 is 26.7 Å². The van der Waals surface area contributed by atoms with Gasteiger partial charge in [0.05, 0.1) is 11.3 Å². The highest BCUT2D eigenvalue weighted by molar-refractivity contribution is 5.72. The molecule has 0 fully saturated rings. The molecular weight excluding hydrogens is 233 g/mol. The Bertz CT molecular complexity index is 413. The molecule has 0 aromatic carbocycles. The molecule has 0 spiro atoms. The van der Waals surface area contributed by atoms with E-state index in [4.69, 9.17) is 0 Å². The van der Waals surface area contributed by atoms with Crippen LogP contribution in [0.3, 0.4) is 0 Å². The van der Waals surface area contributed by atoms with Crippen molar-refractivity contribution in [3.8, 4) is 0 Å². The Hall–Kier alpha value is -1.53. The summed E-state index contributed by atoms with van der Waals surface area (Å²) in [6, 6.07) is 0.452. The summed E-state index contributed by atoms with van der Waals surface area (Å²) >= 11 is 0. The summed E-state index contributed by atoms with van der Waals surface area (Å²) in [5, 5.41) is 0. The normalized spacial score (nSPS) is 11.9. The molecule has 0 atom stereocenters. The van der Waals surface area contributed by atoms with Crippen molar-refractivity contribution in [2.45, 2.75) is 19.5 Å². The van der Waals surface area contributed by atoms with Gasteiger partial charge in [-0.1, -0.05) is 0 Å². The first-order valence-electron chi connectivity index (χ1n) is 4.09. The molecule has 0 radical (unpaired) electrons. The first-order chi connectivity index (χ1) is 7.27. The number of aryl methyl sites for hydroxylation is 1. The first-order valence-corrected chi connectivity index (χ1v) is 4.09. The van der Waals surface area contributed by atoms with Gasteiger partial charge in [-0.25, -0.2) is 13.8 Å². The number of nitrogens with zero attached hydrogens (tertiary/aromatic N) is 1. The molecule has 0 unspecified atom stereocenters. The van der Waals surface area contributed by atoms with Crippen LogP contribution in [-0.4, -0.2) is 11.3 Å². The largest absolute Gasteiger partial charge is 0.418 e. The van der Waals surface area contributed by atoms with Crippen molar-refractivity contribution >= 4 is 6.29 Å². The van der Waals surface area contributed by atoms with Crippen molar-refractivity contribution in [3.63, 3.8) is 0 Å². The standard InChI is InChI=1S/C9H6F5NO/c1-4-7(9(12,13)14)6(8(10)11)2-5(3-16)15-4/h2-3,8H,1H3. The van der Waals surface area contributed by atoms with Gasteiger partial charge in [0.1, 0.15) is 5.69 Å². The molecule has 0 bridgehead atoms. The summed E-state index contributed by atoms with van der Waals surface area (Å²) in [7, 11) is 0. The van der Waals surface area contributed by atoms with Gasteiger partial charge in [0.2, 0.25) is 0 Å². The Morgan fingerprint density at radius 2 is 1.94 bits per heavy atom. The Labute approximate surface area is 87.1 Å². The molecule has 88 valence electrons. The van der Waals surface area contributed by atoms with E-state index >= 15 is 0 Å². The average molecular weight is 239 g/mol. The number of pyridine rings is 1. The van der Waals surface area contributed by atoms with Crippen LogP contribution in [-0.2, 0) is 6.18 Å². The SMILES string of the molecule is Cc1nc(C=O)cc(C(F)F)c1C(F)(F)F. The molecule has 1 heterocycles. The monoisotopic (exact) mass is 239 g/mol. The van der Waals surface area contributed by atoms with E-state index in [2.05, 4.69) is 4.98 Å². The highest BCUT2D eigenvalue weighted by Gasteiger charge is 2.38. The van der Waals surface area contributed by atoms with E-state index < -0.39 is 35.1 Å². The van der Waals surface area contributed by atoms with Crippen molar-refractivity contribution in [1.29, 1.82) is 0 Å². The molecule has 1 aromatic rings. The molecule has 0 amide bonds. The fourth-order valence-corrected chi connectivity index (χ4v) is 1.32. The fourth-order valence-electron chi connectivity index (χ4n) is 1.32. The van der Waals surface area contributed by atoms with Crippen molar-refractivity contribution in [1.82, 2.24) is 4.98 Å². The lowest BCUT2D eigenvalue weighted by atomic mass is 10.1. The number of carbonyl (C=O) groups is 1. The fraction of sp³-hybridized carbons (Fsp3) is 0.333. The van der Waals surface area contributed by atoms with E-state index in [1.165, 1.54) is 0 Å². The van der Waals surface area contributed by atoms with Gasteiger partial charge in [0.25, 0.3) is 6.43 Å². The number of aromatic nitrogens is 1. The van der Waals surface area contributed by atoms with Crippen LogP contribution < -0.4 is 0 Å². The molecule has 0 aliphatic rings. The Morgan fingerprint density at radius 3 is 2.31 bits per heavy atom. The second kappa shape index (κ2) is 4.15. The maximum Gasteiger partial charge on any atom is 0.418 e. The summed E-state index contributed by atoms with van der Waals surface area (Å²) in [4.78, 5) is 13.6. The van der Waals surface area contributed by atoms with Crippen LogP contribution in [0.1, 0.15) is 33.7 Å². The average Bonchev–Trinajstić information content (AvgIpc) is 2.14. The number of alkyl halides is 5. The number of carbonyl (C=O) groups excluding carboxylic acids is 1. The lowest BCUT2D eigenvalue weighted by molar-refractivity contribution is -0.140. The summed E-state index contributed by atoms with van der Waals surface area (Å²) in [6.07, 6.45) is -8.10. The zero-order valence-corrected chi connectivity index (χ0v) is 7.98. The van der Waals surface area contributed by atoms with Crippen LogP contribution in [0.5, 0.6) is 0 Å². The summed E-state index contributed by atoms with van der Waals surface area (Å²) in [6.45, 7) is 0.932. The topological polar surface area (TPSA) is 30.0 Å². The molecule has 0 aliphatic heterocycles. The first kappa shape index (κ1) is 12.5. The predicted molar refractivity (Wildman–Crippen MR) is 44.3 cm³/mol. The van der Waals surface area contributed by atoms with Crippen LogP contribution in [0.4, 0.5) is 22.0 Å². The van der Waals surface area contributed by atoms with Gasteiger partial charge in [0.15, 0.2) is 6.29 Å². The van der Waals surface area contributed by atoms with Crippen molar-refractivity contribution in [3.05, 3.63) is 28.6 Å². The van der Waals surface area contributed by atoms with Gasteiger partial charge >= 0.3 is 6.18 Å². The van der Waals surface area contributed by atoms with Gasteiger partial charge in [-0.15, -0.1) is 0 Å². The van der Waals surface area contributed by atoms with E-state index in [9.17, 15) is 26.7 Å². The zero-order chi connectivity index (χ0) is 12.5. The van der Waals surface area contributed by atoms with E-state index in [0.717, 1.165) is 6.92 Å². The highest BCUT2D eigenvalue weighted by Crippen LogP contribution is 2.37. The number of hydrogen-bond donors (Lipinski definition) is 0. The molecular formula is C9H6F5NO.